The first-order valence-electron chi connectivity index (χ1n) is 7.84. The van der Waals surface area contributed by atoms with E-state index in [4.69, 9.17) is 5.73 Å². The first kappa shape index (κ1) is 15.8. The zero-order valence-electron chi connectivity index (χ0n) is 13.4. The average molecular weight is 289 g/mol. The zero-order valence-corrected chi connectivity index (χ0v) is 13.4. The minimum Gasteiger partial charge on any atom is -0.371 e. The van der Waals surface area contributed by atoms with Crippen molar-refractivity contribution in [2.45, 2.75) is 39.3 Å². The molecule has 4 heteroatoms. The number of hydrogen-bond donors (Lipinski definition) is 1. The van der Waals surface area contributed by atoms with Crippen molar-refractivity contribution in [2.75, 3.05) is 25.0 Å². The van der Waals surface area contributed by atoms with Crippen LogP contribution in [0.3, 0.4) is 0 Å². The summed E-state index contributed by atoms with van der Waals surface area (Å²) in [5.74, 6) is 0.176. The predicted molar refractivity (Wildman–Crippen MR) is 87.2 cm³/mol. The monoisotopic (exact) mass is 289 g/mol. The van der Waals surface area contributed by atoms with Crippen molar-refractivity contribution in [1.29, 1.82) is 0 Å². The summed E-state index contributed by atoms with van der Waals surface area (Å²) in [4.78, 5) is 16.5. The van der Waals surface area contributed by atoms with E-state index in [2.05, 4.69) is 23.1 Å². The summed E-state index contributed by atoms with van der Waals surface area (Å²) >= 11 is 0. The molecule has 21 heavy (non-hydrogen) atoms. The van der Waals surface area contributed by atoms with Crippen LogP contribution >= 0.6 is 0 Å². The Morgan fingerprint density at radius 3 is 2.52 bits per heavy atom. The van der Waals surface area contributed by atoms with Gasteiger partial charge in [0.2, 0.25) is 5.91 Å². The van der Waals surface area contributed by atoms with Crippen molar-refractivity contribution in [3.8, 4) is 0 Å². The molecule has 0 aliphatic carbocycles. The van der Waals surface area contributed by atoms with Crippen molar-refractivity contribution in [3.63, 3.8) is 0 Å². The number of amides is 1. The normalized spacial score (nSPS) is 16.3. The van der Waals surface area contributed by atoms with E-state index in [-0.39, 0.29) is 11.8 Å². The molecule has 1 aromatic rings. The van der Waals surface area contributed by atoms with Gasteiger partial charge in [0.05, 0.1) is 6.04 Å². The van der Waals surface area contributed by atoms with E-state index in [1.165, 1.54) is 24.1 Å². The summed E-state index contributed by atoms with van der Waals surface area (Å²) in [5.41, 5.74) is 8.43. The first-order valence-corrected chi connectivity index (χ1v) is 7.84. The van der Waals surface area contributed by atoms with E-state index in [9.17, 15) is 4.79 Å². The minimum atomic E-state index is -0.422. The molecule has 0 aromatic heterocycles. The van der Waals surface area contributed by atoms with Crippen LogP contribution in [0.25, 0.3) is 0 Å². The fourth-order valence-electron chi connectivity index (χ4n) is 2.78. The molecule has 1 amide bonds. The Morgan fingerprint density at radius 2 is 1.90 bits per heavy atom. The van der Waals surface area contributed by atoms with Gasteiger partial charge in [0, 0.05) is 32.4 Å². The standard InChI is InChI=1S/C17H27N3O/c1-13(2)16(18)17(21)19(3)12-14-8-4-5-9-15(14)20-10-6-7-11-20/h4-5,8-9,13,16H,6-7,10-12,18H2,1-3H3/t16-/m0/s1. The Labute approximate surface area is 127 Å². The predicted octanol–water partition coefficient (Wildman–Crippen LogP) is 2.23. The van der Waals surface area contributed by atoms with Gasteiger partial charge in [-0.3, -0.25) is 4.79 Å². The Kier molecular flexibility index (Phi) is 5.23. The summed E-state index contributed by atoms with van der Waals surface area (Å²) in [7, 11) is 1.84. The van der Waals surface area contributed by atoms with Crippen molar-refractivity contribution >= 4 is 11.6 Å². The molecule has 116 valence electrons. The zero-order chi connectivity index (χ0) is 15.4. The summed E-state index contributed by atoms with van der Waals surface area (Å²) < 4.78 is 0. The average Bonchev–Trinajstić information content (AvgIpc) is 3.00. The highest BCUT2D eigenvalue weighted by atomic mass is 16.2. The lowest BCUT2D eigenvalue weighted by molar-refractivity contribution is -0.132. The highest BCUT2D eigenvalue weighted by molar-refractivity contribution is 5.81. The molecule has 1 aromatic carbocycles. The molecule has 1 saturated heterocycles. The van der Waals surface area contributed by atoms with Crippen molar-refractivity contribution in [1.82, 2.24) is 4.90 Å². The highest BCUT2D eigenvalue weighted by Gasteiger charge is 2.22. The van der Waals surface area contributed by atoms with Crippen LogP contribution in [-0.2, 0) is 11.3 Å². The number of likely N-dealkylation sites (N-methyl/N-ethyl adjacent to an activating group) is 1. The molecule has 1 atom stereocenters. The third kappa shape index (κ3) is 3.76. The first-order chi connectivity index (χ1) is 10.0. The van der Waals surface area contributed by atoms with Gasteiger partial charge in [-0.15, -0.1) is 0 Å². The quantitative estimate of drug-likeness (QED) is 0.904. The van der Waals surface area contributed by atoms with E-state index < -0.39 is 6.04 Å². The molecule has 0 saturated carbocycles. The van der Waals surface area contributed by atoms with Gasteiger partial charge in [0.1, 0.15) is 0 Å². The highest BCUT2D eigenvalue weighted by Crippen LogP contribution is 2.25. The van der Waals surface area contributed by atoms with Crippen molar-refractivity contribution in [3.05, 3.63) is 29.8 Å². The van der Waals surface area contributed by atoms with E-state index in [0.717, 1.165) is 13.1 Å². The van der Waals surface area contributed by atoms with E-state index in [1.807, 2.05) is 27.0 Å². The lowest BCUT2D eigenvalue weighted by Crippen LogP contribution is -2.44. The number of nitrogens with two attached hydrogens (primary N) is 1. The van der Waals surface area contributed by atoms with Crippen LogP contribution in [0.2, 0.25) is 0 Å². The third-order valence-electron chi connectivity index (χ3n) is 4.23. The molecule has 0 unspecified atom stereocenters. The summed E-state index contributed by atoms with van der Waals surface area (Å²) in [6, 6.07) is 7.95. The maximum atomic E-state index is 12.3. The van der Waals surface area contributed by atoms with Gasteiger partial charge < -0.3 is 15.5 Å². The fraction of sp³-hybridized carbons (Fsp3) is 0.588. The Bertz CT molecular complexity index is 481. The second-order valence-electron chi connectivity index (χ2n) is 6.29. The van der Waals surface area contributed by atoms with Crippen molar-refractivity contribution in [2.24, 2.45) is 11.7 Å². The van der Waals surface area contributed by atoms with Crippen molar-refractivity contribution < 1.29 is 4.79 Å². The van der Waals surface area contributed by atoms with Crippen LogP contribution in [0.1, 0.15) is 32.3 Å². The smallest absolute Gasteiger partial charge is 0.239 e. The van der Waals surface area contributed by atoms with Crippen LogP contribution in [-0.4, -0.2) is 37.0 Å². The number of para-hydroxylation sites is 1. The van der Waals surface area contributed by atoms with E-state index in [1.54, 1.807) is 4.90 Å². The summed E-state index contributed by atoms with van der Waals surface area (Å²) in [5, 5.41) is 0. The maximum absolute atomic E-state index is 12.3. The number of nitrogens with zero attached hydrogens (tertiary/aromatic N) is 2. The molecule has 2 N–H and O–H groups in total. The number of rotatable bonds is 5. The van der Waals surface area contributed by atoms with Gasteiger partial charge in [-0.25, -0.2) is 0 Å². The van der Waals surface area contributed by atoms with Gasteiger partial charge in [-0.2, -0.15) is 0 Å². The van der Waals surface area contributed by atoms with Gasteiger partial charge in [0.15, 0.2) is 0 Å². The van der Waals surface area contributed by atoms with Crippen LogP contribution < -0.4 is 10.6 Å². The summed E-state index contributed by atoms with van der Waals surface area (Å²) in [6.45, 7) is 6.80. The number of carbonyl (C=O) groups excluding carboxylic acids is 1. The Balaban J connectivity index is 2.10. The van der Waals surface area contributed by atoms with Gasteiger partial charge >= 0.3 is 0 Å². The van der Waals surface area contributed by atoms with E-state index >= 15 is 0 Å². The van der Waals surface area contributed by atoms with Crippen LogP contribution in [0.5, 0.6) is 0 Å². The molecular formula is C17H27N3O. The molecule has 1 fully saturated rings. The number of benzene rings is 1. The molecule has 1 aliphatic heterocycles. The lowest BCUT2D eigenvalue weighted by atomic mass is 10.0. The van der Waals surface area contributed by atoms with Crippen LogP contribution in [0.15, 0.2) is 24.3 Å². The lowest BCUT2D eigenvalue weighted by Gasteiger charge is -2.27. The second-order valence-corrected chi connectivity index (χ2v) is 6.29. The van der Waals surface area contributed by atoms with E-state index in [0.29, 0.717) is 6.54 Å². The molecule has 1 aliphatic rings. The van der Waals surface area contributed by atoms with Gasteiger partial charge in [0.25, 0.3) is 0 Å². The fourth-order valence-corrected chi connectivity index (χ4v) is 2.78. The van der Waals surface area contributed by atoms with Crippen LogP contribution in [0, 0.1) is 5.92 Å². The molecular weight excluding hydrogens is 262 g/mol. The Hall–Kier alpha value is -1.55. The Morgan fingerprint density at radius 1 is 1.29 bits per heavy atom. The topological polar surface area (TPSA) is 49.6 Å². The SMILES string of the molecule is CC(C)[C@H](N)C(=O)N(C)Cc1ccccc1N1CCCC1. The van der Waals surface area contributed by atoms with Gasteiger partial charge in [-0.1, -0.05) is 32.0 Å². The number of hydrogen-bond acceptors (Lipinski definition) is 3. The molecule has 1 heterocycles. The summed E-state index contributed by atoms with van der Waals surface area (Å²) in [6.07, 6.45) is 2.50. The second kappa shape index (κ2) is 6.94. The molecule has 0 radical (unpaired) electrons. The molecule has 0 spiro atoms. The molecule has 0 bridgehead atoms. The molecule has 2 rings (SSSR count). The minimum absolute atomic E-state index is 0.0150. The maximum Gasteiger partial charge on any atom is 0.239 e. The number of carbonyl (C=O) groups is 1. The van der Waals surface area contributed by atoms with Crippen LogP contribution in [0.4, 0.5) is 5.69 Å². The molecule has 4 nitrogen and oxygen atoms in total. The third-order valence-corrected chi connectivity index (χ3v) is 4.23. The number of anilines is 1. The largest absolute Gasteiger partial charge is 0.371 e. The van der Waals surface area contributed by atoms with Gasteiger partial charge in [-0.05, 0) is 30.4 Å².